The van der Waals surface area contributed by atoms with Crippen LogP contribution in [0.1, 0.15) is 17.5 Å². The zero-order chi connectivity index (χ0) is 11.5. The van der Waals surface area contributed by atoms with E-state index in [1.54, 1.807) is 6.07 Å². The highest BCUT2D eigenvalue weighted by Crippen LogP contribution is 2.21. The fourth-order valence-corrected chi connectivity index (χ4v) is 2.04. The molecule has 0 bridgehead atoms. The van der Waals surface area contributed by atoms with Gasteiger partial charge in [-0.15, -0.1) is 0 Å². The van der Waals surface area contributed by atoms with Crippen molar-refractivity contribution in [3.63, 3.8) is 0 Å². The topological polar surface area (TPSA) is 40.5 Å². The molecule has 1 aromatic carbocycles. The first-order valence-electron chi connectivity index (χ1n) is 5.37. The van der Waals surface area contributed by atoms with Gasteiger partial charge in [-0.05, 0) is 18.1 Å². The van der Waals surface area contributed by atoms with Crippen molar-refractivity contribution in [1.29, 1.82) is 0 Å². The molecule has 1 N–H and O–H groups in total. The molecular weight excluding hydrogens is 209 g/mol. The predicted molar refractivity (Wildman–Crippen MR) is 57.6 cm³/mol. The number of nitrogens with zero attached hydrogens (tertiary/aromatic N) is 1. The van der Waals surface area contributed by atoms with E-state index in [1.807, 2.05) is 11.0 Å². The Bertz CT molecular complexity index is 406. The number of hydrogen-bond acceptors (Lipinski definition) is 2. The summed E-state index contributed by atoms with van der Waals surface area (Å²) < 4.78 is 13.5. The van der Waals surface area contributed by atoms with Crippen molar-refractivity contribution in [2.75, 3.05) is 13.1 Å². The Hall–Kier alpha value is -1.42. The monoisotopic (exact) mass is 223 g/mol. The molecule has 1 aliphatic heterocycles. The van der Waals surface area contributed by atoms with Crippen LogP contribution in [0.4, 0.5) is 4.39 Å². The summed E-state index contributed by atoms with van der Waals surface area (Å²) in [6.45, 7) is 1.82. The van der Waals surface area contributed by atoms with Crippen molar-refractivity contribution in [3.8, 4) is 0 Å². The van der Waals surface area contributed by atoms with E-state index in [9.17, 15) is 9.18 Å². The second kappa shape index (κ2) is 4.61. The third-order valence-corrected chi connectivity index (χ3v) is 2.94. The lowest BCUT2D eigenvalue weighted by Gasteiger charge is -2.28. The molecule has 0 unspecified atom stereocenters. The average Bonchev–Trinajstić information content (AvgIpc) is 2.27. The highest BCUT2D eigenvalue weighted by molar-refractivity contribution is 5.66. The zero-order valence-corrected chi connectivity index (χ0v) is 8.95. The van der Waals surface area contributed by atoms with Crippen molar-refractivity contribution in [2.24, 2.45) is 0 Å². The molecule has 0 amide bonds. The van der Waals surface area contributed by atoms with Crippen molar-refractivity contribution in [2.45, 2.75) is 19.4 Å². The van der Waals surface area contributed by atoms with Crippen LogP contribution < -0.4 is 0 Å². The minimum absolute atomic E-state index is 0.115. The van der Waals surface area contributed by atoms with Gasteiger partial charge in [-0.3, -0.25) is 9.69 Å². The van der Waals surface area contributed by atoms with Gasteiger partial charge in [0.2, 0.25) is 0 Å². The van der Waals surface area contributed by atoms with Gasteiger partial charge in [0.1, 0.15) is 5.82 Å². The van der Waals surface area contributed by atoms with Crippen molar-refractivity contribution >= 4 is 5.97 Å². The molecule has 0 saturated heterocycles. The maximum atomic E-state index is 13.5. The molecule has 3 nitrogen and oxygen atoms in total. The van der Waals surface area contributed by atoms with Gasteiger partial charge < -0.3 is 5.11 Å². The van der Waals surface area contributed by atoms with Gasteiger partial charge in [-0.1, -0.05) is 12.1 Å². The van der Waals surface area contributed by atoms with Gasteiger partial charge in [0.05, 0.1) is 6.42 Å². The molecule has 0 fully saturated rings. The minimum atomic E-state index is -0.806. The lowest BCUT2D eigenvalue weighted by molar-refractivity contribution is -0.137. The Kier molecular flexibility index (Phi) is 3.19. The van der Waals surface area contributed by atoms with Gasteiger partial charge >= 0.3 is 5.97 Å². The van der Waals surface area contributed by atoms with Crippen LogP contribution in [0.25, 0.3) is 0 Å². The molecule has 0 atom stereocenters. The highest BCUT2D eigenvalue weighted by atomic mass is 19.1. The van der Waals surface area contributed by atoms with E-state index in [4.69, 9.17) is 5.11 Å². The molecule has 1 heterocycles. The van der Waals surface area contributed by atoms with Gasteiger partial charge in [-0.25, -0.2) is 4.39 Å². The number of rotatable bonds is 3. The van der Waals surface area contributed by atoms with Crippen LogP contribution in [-0.4, -0.2) is 29.1 Å². The van der Waals surface area contributed by atoms with Crippen LogP contribution in [0.15, 0.2) is 18.2 Å². The summed E-state index contributed by atoms with van der Waals surface area (Å²) in [6.07, 6.45) is 0.913. The summed E-state index contributed by atoms with van der Waals surface area (Å²) in [5.74, 6) is -0.989. The summed E-state index contributed by atoms with van der Waals surface area (Å²) in [6, 6.07) is 5.12. The Morgan fingerprint density at radius 1 is 1.50 bits per heavy atom. The molecule has 1 aromatic rings. The fourth-order valence-electron chi connectivity index (χ4n) is 2.04. The molecule has 2 rings (SSSR count). The van der Waals surface area contributed by atoms with Crippen LogP contribution in [-0.2, 0) is 17.8 Å². The average molecular weight is 223 g/mol. The van der Waals surface area contributed by atoms with Gasteiger partial charge in [-0.2, -0.15) is 0 Å². The largest absolute Gasteiger partial charge is 0.481 e. The molecule has 0 spiro atoms. The molecule has 0 aromatic heterocycles. The maximum Gasteiger partial charge on any atom is 0.304 e. The second-order valence-electron chi connectivity index (χ2n) is 4.05. The third kappa shape index (κ3) is 2.39. The summed E-state index contributed by atoms with van der Waals surface area (Å²) in [7, 11) is 0. The summed E-state index contributed by atoms with van der Waals surface area (Å²) >= 11 is 0. The van der Waals surface area contributed by atoms with Gasteiger partial charge in [0.25, 0.3) is 0 Å². The molecule has 16 heavy (non-hydrogen) atoms. The van der Waals surface area contributed by atoms with Gasteiger partial charge in [0.15, 0.2) is 0 Å². The number of carboxylic acid groups (broad SMARTS) is 1. The van der Waals surface area contributed by atoms with Crippen molar-refractivity contribution < 1.29 is 14.3 Å². The second-order valence-corrected chi connectivity index (χ2v) is 4.05. The number of benzene rings is 1. The van der Waals surface area contributed by atoms with E-state index in [0.29, 0.717) is 13.1 Å². The Morgan fingerprint density at radius 2 is 2.31 bits per heavy atom. The smallest absolute Gasteiger partial charge is 0.304 e. The van der Waals surface area contributed by atoms with Crippen LogP contribution in [0, 0.1) is 5.82 Å². The molecule has 4 heteroatoms. The van der Waals surface area contributed by atoms with Crippen LogP contribution in [0.3, 0.4) is 0 Å². The number of hydrogen-bond donors (Lipinski definition) is 1. The molecule has 0 radical (unpaired) electrons. The lowest BCUT2D eigenvalue weighted by Crippen LogP contribution is -2.32. The van der Waals surface area contributed by atoms with E-state index in [2.05, 4.69) is 0 Å². The summed E-state index contributed by atoms with van der Waals surface area (Å²) in [4.78, 5) is 12.4. The fraction of sp³-hybridized carbons (Fsp3) is 0.417. The van der Waals surface area contributed by atoms with Crippen molar-refractivity contribution in [3.05, 3.63) is 35.1 Å². The normalized spacial score (nSPS) is 15.8. The molecule has 1 aliphatic rings. The molecular formula is C12H14FNO2. The highest BCUT2D eigenvalue weighted by Gasteiger charge is 2.19. The van der Waals surface area contributed by atoms with E-state index < -0.39 is 5.97 Å². The first-order chi connectivity index (χ1) is 7.66. The zero-order valence-electron chi connectivity index (χ0n) is 8.95. The molecule has 0 aliphatic carbocycles. The standard InChI is InChI=1S/C12H14FNO2/c13-11-3-1-2-9-4-6-14(8-10(9)11)7-5-12(15)16/h1-3H,4-8H2,(H,15,16). The maximum absolute atomic E-state index is 13.5. The van der Waals surface area contributed by atoms with Crippen LogP contribution >= 0.6 is 0 Å². The van der Waals surface area contributed by atoms with E-state index >= 15 is 0 Å². The summed E-state index contributed by atoms with van der Waals surface area (Å²) in [5, 5.41) is 8.59. The van der Waals surface area contributed by atoms with Crippen LogP contribution in [0.5, 0.6) is 0 Å². The predicted octanol–water partition coefficient (Wildman–Crippen LogP) is 1.66. The minimum Gasteiger partial charge on any atom is -0.481 e. The molecule has 0 saturated carbocycles. The van der Waals surface area contributed by atoms with E-state index in [0.717, 1.165) is 24.1 Å². The lowest BCUT2D eigenvalue weighted by atomic mass is 9.99. The van der Waals surface area contributed by atoms with Crippen molar-refractivity contribution in [1.82, 2.24) is 4.90 Å². The number of halogens is 1. The quantitative estimate of drug-likeness (QED) is 0.847. The Labute approximate surface area is 93.5 Å². The number of aliphatic carboxylic acids is 1. The Morgan fingerprint density at radius 3 is 3.06 bits per heavy atom. The van der Waals surface area contributed by atoms with Crippen LogP contribution in [0.2, 0.25) is 0 Å². The number of fused-ring (bicyclic) bond motifs is 1. The number of carbonyl (C=O) groups is 1. The first kappa shape index (κ1) is 11.1. The van der Waals surface area contributed by atoms with E-state index in [1.165, 1.54) is 6.07 Å². The van der Waals surface area contributed by atoms with Gasteiger partial charge in [0, 0.05) is 25.2 Å². The number of carboxylic acids is 1. The van der Waals surface area contributed by atoms with E-state index in [-0.39, 0.29) is 12.2 Å². The SMILES string of the molecule is O=C(O)CCN1CCc2cccc(F)c2C1. The summed E-state index contributed by atoms with van der Waals surface area (Å²) in [5.41, 5.74) is 1.77. The third-order valence-electron chi connectivity index (χ3n) is 2.94. The molecule has 86 valence electrons. The Balaban J connectivity index is 2.05. The first-order valence-corrected chi connectivity index (χ1v) is 5.37.